The number of carbonyl (C=O) groups excluding carboxylic acids is 1. The lowest BCUT2D eigenvalue weighted by molar-refractivity contribution is 0.0993. The average molecular weight is 232 g/mol. The number of fused-ring (bicyclic) bond motifs is 1. The smallest absolute Gasteiger partial charge is 0.169 e. The molecule has 0 amide bonds. The van der Waals surface area contributed by atoms with Crippen LogP contribution in [-0.4, -0.2) is 19.0 Å². The highest BCUT2D eigenvalue weighted by atomic mass is 16.5. The molecular formula is C14H16O3. The Morgan fingerprint density at radius 2 is 2.06 bits per heavy atom. The van der Waals surface area contributed by atoms with E-state index in [1.54, 1.807) is 19.2 Å². The number of ether oxygens (including phenoxy) is 2. The maximum Gasteiger partial charge on any atom is 0.169 e. The molecule has 1 aliphatic carbocycles. The molecule has 2 rings (SSSR count). The maximum atomic E-state index is 11.8. The molecule has 3 nitrogen and oxygen atoms in total. The van der Waals surface area contributed by atoms with Crippen LogP contribution in [0.3, 0.4) is 0 Å². The van der Waals surface area contributed by atoms with Gasteiger partial charge in [-0.05, 0) is 26.0 Å². The molecule has 0 heterocycles. The summed E-state index contributed by atoms with van der Waals surface area (Å²) >= 11 is 0. The lowest BCUT2D eigenvalue weighted by Gasteiger charge is -2.19. The molecule has 17 heavy (non-hydrogen) atoms. The van der Waals surface area contributed by atoms with Gasteiger partial charge in [-0.2, -0.15) is 0 Å². The fraction of sp³-hybridized carbons (Fsp3) is 0.357. The van der Waals surface area contributed by atoms with Crippen molar-refractivity contribution in [1.29, 1.82) is 0 Å². The van der Waals surface area contributed by atoms with E-state index in [1.165, 1.54) is 0 Å². The summed E-state index contributed by atoms with van der Waals surface area (Å²) in [5.41, 5.74) is 1.54. The van der Waals surface area contributed by atoms with Crippen LogP contribution in [0, 0.1) is 0 Å². The summed E-state index contributed by atoms with van der Waals surface area (Å²) in [5, 5.41) is 0. The molecule has 0 saturated carbocycles. The van der Waals surface area contributed by atoms with Gasteiger partial charge in [0.25, 0.3) is 0 Å². The second-order valence-corrected chi connectivity index (χ2v) is 4.25. The van der Waals surface area contributed by atoms with Crippen LogP contribution in [0.1, 0.15) is 36.2 Å². The minimum Gasteiger partial charge on any atom is -0.493 e. The maximum absolute atomic E-state index is 11.8. The van der Waals surface area contributed by atoms with Crippen molar-refractivity contribution in [3.05, 3.63) is 29.3 Å². The number of benzene rings is 1. The molecule has 1 aromatic rings. The van der Waals surface area contributed by atoms with E-state index in [-0.39, 0.29) is 11.9 Å². The largest absolute Gasteiger partial charge is 0.493 e. The molecule has 3 heteroatoms. The molecular weight excluding hydrogens is 216 g/mol. The molecule has 0 radical (unpaired) electrons. The number of carbonyl (C=O) groups is 1. The van der Waals surface area contributed by atoms with Crippen molar-refractivity contribution in [2.45, 2.75) is 26.4 Å². The van der Waals surface area contributed by atoms with Gasteiger partial charge >= 0.3 is 0 Å². The van der Waals surface area contributed by atoms with Crippen molar-refractivity contribution in [2.24, 2.45) is 0 Å². The van der Waals surface area contributed by atoms with Gasteiger partial charge in [-0.3, -0.25) is 4.79 Å². The van der Waals surface area contributed by atoms with Crippen molar-refractivity contribution in [3.63, 3.8) is 0 Å². The Kier molecular flexibility index (Phi) is 3.18. The Balaban J connectivity index is 2.57. The Morgan fingerprint density at radius 1 is 1.29 bits per heavy atom. The summed E-state index contributed by atoms with van der Waals surface area (Å²) in [6.07, 6.45) is 4.29. The summed E-state index contributed by atoms with van der Waals surface area (Å²) in [5.74, 6) is 1.44. The van der Waals surface area contributed by atoms with E-state index >= 15 is 0 Å². The van der Waals surface area contributed by atoms with Gasteiger partial charge in [0.15, 0.2) is 17.3 Å². The zero-order valence-electron chi connectivity index (χ0n) is 10.3. The van der Waals surface area contributed by atoms with Crippen LogP contribution in [0.4, 0.5) is 0 Å². The number of methoxy groups -OCH3 is 1. The number of rotatable bonds is 3. The minimum atomic E-state index is 0.0424. The van der Waals surface area contributed by atoms with Gasteiger partial charge in [-0.25, -0.2) is 0 Å². The Bertz CT molecular complexity index is 473. The lowest BCUT2D eigenvalue weighted by Crippen LogP contribution is -2.12. The summed E-state index contributed by atoms with van der Waals surface area (Å²) < 4.78 is 11.0. The molecule has 1 aromatic carbocycles. The summed E-state index contributed by atoms with van der Waals surface area (Å²) in [4.78, 5) is 11.8. The van der Waals surface area contributed by atoms with E-state index in [4.69, 9.17) is 9.47 Å². The quantitative estimate of drug-likeness (QED) is 0.803. The van der Waals surface area contributed by atoms with Gasteiger partial charge in [0.2, 0.25) is 0 Å². The third kappa shape index (κ3) is 2.18. The van der Waals surface area contributed by atoms with Gasteiger partial charge in [0, 0.05) is 17.5 Å². The van der Waals surface area contributed by atoms with Crippen LogP contribution >= 0.6 is 0 Å². The fourth-order valence-electron chi connectivity index (χ4n) is 1.90. The minimum absolute atomic E-state index is 0.0424. The van der Waals surface area contributed by atoms with Crippen LogP contribution in [0.25, 0.3) is 6.08 Å². The summed E-state index contributed by atoms with van der Waals surface area (Å²) in [6, 6.07) is 3.58. The molecule has 0 fully saturated rings. The molecule has 90 valence electrons. The first kappa shape index (κ1) is 11.7. The molecule has 0 atom stereocenters. The van der Waals surface area contributed by atoms with Crippen molar-refractivity contribution in [3.8, 4) is 11.5 Å². The second kappa shape index (κ2) is 4.62. The highest BCUT2D eigenvalue weighted by molar-refractivity contribution is 6.04. The first-order valence-corrected chi connectivity index (χ1v) is 5.71. The molecule has 0 aliphatic heterocycles. The summed E-state index contributed by atoms with van der Waals surface area (Å²) in [6.45, 7) is 3.90. The first-order chi connectivity index (χ1) is 8.13. The normalized spacial score (nSPS) is 13.8. The third-order valence-electron chi connectivity index (χ3n) is 2.62. The molecule has 0 N–H and O–H groups in total. The molecule has 0 saturated heterocycles. The van der Waals surface area contributed by atoms with Crippen molar-refractivity contribution in [2.75, 3.05) is 7.11 Å². The number of hydrogen-bond acceptors (Lipinski definition) is 3. The van der Waals surface area contributed by atoms with E-state index in [1.807, 2.05) is 26.0 Å². The summed E-state index contributed by atoms with van der Waals surface area (Å²) in [7, 11) is 1.60. The Morgan fingerprint density at radius 3 is 2.71 bits per heavy atom. The van der Waals surface area contributed by atoms with Crippen LogP contribution in [0.2, 0.25) is 0 Å². The van der Waals surface area contributed by atoms with E-state index in [9.17, 15) is 4.79 Å². The van der Waals surface area contributed by atoms with Gasteiger partial charge in [-0.1, -0.05) is 12.2 Å². The van der Waals surface area contributed by atoms with Crippen molar-refractivity contribution >= 4 is 11.9 Å². The third-order valence-corrected chi connectivity index (χ3v) is 2.62. The Hall–Kier alpha value is -1.77. The topological polar surface area (TPSA) is 35.5 Å². The zero-order chi connectivity index (χ0) is 12.4. The second-order valence-electron chi connectivity index (χ2n) is 4.25. The highest BCUT2D eigenvalue weighted by Gasteiger charge is 2.20. The highest BCUT2D eigenvalue weighted by Crippen LogP contribution is 2.37. The molecule has 0 spiro atoms. The van der Waals surface area contributed by atoms with Crippen LogP contribution in [0.15, 0.2) is 18.2 Å². The molecule has 1 aliphatic rings. The van der Waals surface area contributed by atoms with Gasteiger partial charge in [0.1, 0.15) is 0 Å². The standard InChI is InChI=1S/C14H16O3/c1-9(2)17-14-11-5-4-6-12(15)10(11)7-8-13(14)16-3/h4-5,7-9H,6H2,1-3H3. The number of allylic oxidation sites excluding steroid dienone is 1. The lowest BCUT2D eigenvalue weighted by atomic mass is 9.95. The number of Topliss-reactive ketones (excluding diaryl/α,β-unsaturated/α-hetero) is 1. The molecule has 0 unspecified atom stereocenters. The van der Waals surface area contributed by atoms with Gasteiger partial charge in [-0.15, -0.1) is 0 Å². The van der Waals surface area contributed by atoms with E-state index in [0.29, 0.717) is 23.5 Å². The SMILES string of the molecule is COc1ccc2c(c1OC(C)C)C=CCC2=O. The Labute approximate surface area is 101 Å². The van der Waals surface area contributed by atoms with E-state index in [2.05, 4.69) is 0 Å². The first-order valence-electron chi connectivity index (χ1n) is 5.71. The van der Waals surface area contributed by atoms with E-state index in [0.717, 1.165) is 5.56 Å². The monoisotopic (exact) mass is 232 g/mol. The van der Waals surface area contributed by atoms with Crippen LogP contribution in [-0.2, 0) is 0 Å². The van der Waals surface area contributed by atoms with Crippen molar-refractivity contribution < 1.29 is 14.3 Å². The predicted molar refractivity (Wildman–Crippen MR) is 66.7 cm³/mol. The average Bonchev–Trinajstić information content (AvgIpc) is 2.29. The van der Waals surface area contributed by atoms with Gasteiger partial charge in [0.05, 0.1) is 13.2 Å². The zero-order valence-corrected chi connectivity index (χ0v) is 10.3. The van der Waals surface area contributed by atoms with Crippen LogP contribution < -0.4 is 9.47 Å². The van der Waals surface area contributed by atoms with Gasteiger partial charge < -0.3 is 9.47 Å². The number of ketones is 1. The predicted octanol–water partition coefficient (Wildman–Crippen LogP) is 3.08. The number of hydrogen-bond donors (Lipinski definition) is 0. The van der Waals surface area contributed by atoms with E-state index < -0.39 is 0 Å². The van der Waals surface area contributed by atoms with Crippen molar-refractivity contribution in [1.82, 2.24) is 0 Å². The molecule has 0 bridgehead atoms. The fourth-order valence-corrected chi connectivity index (χ4v) is 1.90. The molecule has 0 aromatic heterocycles. The van der Waals surface area contributed by atoms with Crippen LogP contribution in [0.5, 0.6) is 11.5 Å².